The van der Waals surface area contributed by atoms with Crippen molar-refractivity contribution in [2.75, 3.05) is 7.11 Å². The van der Waals surface area contributed by atoms with Crippen LogP contribution in [-0.2, 0) is 14.8 Å². The molecule has 0 unspecified atom stereocenters. The third-order valence-corrected chi connectivity index (χ3v) is 3.55. The van der Waals surface area contributed by atoms with Crippen molar-refractivity contribution < 1.29 is 13.2 Å². The number of hydrogen-bond donors (Lipinski definition) is 1. The van der Waals surface area contributed by atoms with Crippen molar-refractivity contribution in [2.45, 2.75) is 11.8 Å². The van der Waals surface area contributed by atoms with Crippen LogP contribution in [0.3, 0.4) is 0 Å². The summed E-state index contributed by atoms with van der Waals surface area (Å²) in [5.74, 6) is -0.101. The van der Waals surface area contributed by atoms with Gasteiger partial charge in [0.05, 0.1) is 12.7 Å². The Morgan fingerprint density at radius 1 is 1.53 bits per heavy atom. The zero-order chi connectivity index (χ0) is 13.1. The molecule has 0 aliphatic heterocycles. The van der Waals surface area contributed by atoms with Crippen LogP contribution in [0.1, 0.15) is 11.1 Å². The quantitative estimate of drug-likeness (QED) is 0.818. The fourth-order valence-corrected chi connectivity index (χ4v) is 2.48. The van der Waals surface area contributed by atoms with Crippen molar-refractivity contribution in [1.82, 2.24) is 4.72 Å². The van der Waals surface area contributed by atoms with Crippen molar-refractivity contribution in [1.29, 1.82) is 5.26 Å². The Kier molecular flexibility index (Phi) is 3.76. The number of benzene rings is 1. The number of aryl methyl sites for hydroxylation is 1. The van der Waals surface area contributed by atoms with Crippen LogP contribution in [0.4, 0.5) is 0 Å². The molecule has 5 nitrogen and oxygen atoms in total. The number of hydrogen-bond acceptors (Lipinski definition) is 4. The van der Waals surface area contributed by atoms with Crippen molar-refractivity contribution in [3.63, 3.8) is 0 Å². The second kappa shape index (κ2) is 4.89. The highest BCUT2D eigenvalue weighted by molar-refractivity contribution is 7.89. The summed E-state index contributed by atoms with van der Waals surface area (Å²) in [5, 5.41) is 8.96. The van der Waals surface area contributed by atoms with E-state index in [0.29, 0.717) is 5.56 Å². The second-order valence-corrected chi connectivity index (χ2v) is 4.94. The summed E-state index contributed by atoms with van der Waals surface area (Å²) in [6.45, 7) is 5.04. The zero-order valence-corrected chi connectivity index (χ0v) is 10.3. The Balaban J connectivity index is 3.31. The van der Waals surface area contributed by atoms with E-state index < -0.39 is 10.0 Å². The van der Waals surface area contributed by atoms with Gasteiger partial charge >= 0.3 is 0 Å². The average Bonchev–Trinajstić information content (AvgIpc) is 2.28. The summed E-state index contributed by atoms with van der Waals surface area (Å²) in [7, 11) is -2.54. The molecule has 0 bridgehead atoms. The molecule has 0 aliphatic carbocycles. The third-order valence-electron chi connectivity index (χ3n) is 2.13. The lowest BCUT2D eigenvalue weighted by Crippen LogP contribution is -2.24. The zero-order valence-electron chi connectivity index (χ0n) is 9.52. The second-order valence-electron chi connectivity index (χ2n) is 3.29. The number of methoxy groups -OCH3 is 1. The van der Waals surface area contributed by atoms with E-state index in [0.717, 1.165) is 0 Å². The molecule has 0 aliphatic rings. The highest BCUT2D eigenvalue weighted by atomic mass is 32.2. The van der Waals surface area contributed by atoms with Gasteiger partial charge in [-0.3, -0.25) is 0 Å². The summed E-state index contributed by atoms with van der Waals surface area (Å²) in [5.41, 5.74) is 0.710. The molecule has 0 saturated heterocycles. The van der Waals surface area contributed by atoms with E-state index >= 15 is 0 Å². The topological polar surface area (TPSA) is 79.2 Å². The normalized spacial score (nSPS) is 10.4. The molecule has 0 spiro atoms. The standard InChI is InChI=1S/C11H12N2O3S/c1-8-5-4-6-11(10(8)7-12)17(14,15)13-9(2)16-3/h4-6,13H,2H2,1,3H3. The highest BCUT2D eigenvalue weighted by Gasteiger charge is 2.20. The summed E-state index contributed by atoms with van der Waals surface area (Å²) in [6, 6.07) is 6.47. The average molecular weight is 252 g/mol. The number of ether oxygens (including phenoxy) is 1. The predicted molar refractivity (Wildman–Crippen MR) is 62.4 cm³/mol. The first kappa shape index (κ1) is 13.1. The fourth-order valence-electron chi connectivity index (χ4n) is 1.25. The minimum Gasteiger partial charge on any atom is -0.482 e. The van der Waals surface area contributed by atoms with Crippen molar-refractivity contribution in [3.05, 3.63) is 41.8 Å². The van der Waals surface area contributed by atoms with Crippen molar-refractivity contribution in [3.8, 4) is 6.07 Å². The Morgan fingerprint density at radius 3 is 2.71 bits per heavy atom. The van der Waals surface area contributed by atoms with Gasteiger partial charge in [-0.05, 0) is 25.1 Å². The van der Waals surface area contributed by atoms with E-state index in [-0.39, 0.29) is 16.3 Å². The summed E-state index contributed by atoms with van der Waals surface area (Å²) >= 11 is 0. The number of nitrogens with one attached hydrogen (secondary N) is 1. The lowest BCUT2D eigenvalue weighted by Gasteiger charge is -2.11. The molecule has 1 aromatic rings. The summed E-state index contributed by atoms with van der Waals surface area (Å²) < 4.78 is 30.6. The Morgan fingerprint density at radius 2 is 2.18 bits per heavy atom. The number of rotatable bonds is 4. The Hall–Kier alpha value is -2.00. The molecule has 90 valence electrons. The Bertz CT molecular complexity index is 585. The molecule has 0 fully saturated rings. The van der Waals surface area contributed by atoms with E-state index in [2.05, 4.69) is 16.0 Å². The van der Waals surface area contributed by atoms with Gasteiger partial charge in [0.15, 0.2) is 5.88 Å². The van der Waals surface area contributed by atoms with Crippen LogP contribution in [0.2, 0.25) is 0 Å². The maximum absolute atomic E-state index is 11.9. The van der Waals surface area contributed by atoms with Gasteiger partial charge < -0.3 is 4.74 Å². The van der Waals surface area contributed by atoms with E-state index in [1.54, 1.807) is 19.1 Å². The van der Waals surface area contributed by atoms with Gasteiger partial charge in [0.25, 0.3) is 10.0 Å². The van der Waals surface area contributed by atoms with Gasteiger partial charge in [-0.15, -0.1) is 0 Å². The van der Waals surface area contributed by atoms with E-state index in [1.807, 2.05) is 6.07 Å². The molecule has 0 aromatic heterocycles. The number of nitriles is 1. The molecule has 1 rings (SSSR count). The van der Waals surface area contributed by atoms with Gasteiger partial charge in [0, 0.05) is 0 Å². The van der Waals surface area contributed by atoms with Gasteiger partial charge in [-0.25, -0.2) is 13.1 Å². The first-order chi connectivity index (χ1) is 7.92. The van der Waals surface area contributed by atoms with E-state index in [1.165, 1.54) is 13.2 Å². The Labute approximate surface area is 100 Å². The van der Waals surface area contributed by atoms with Gasteiger partial charge in [-0.1, -0.05) is 12.1 Å². The fraction of sp³-hybridized carbons (Fsp3) is 0.182. The minimum atomic E-state index is -3.83. The van der Waals surface area contributed by atoms with Gasteiger partial charge in [-0.2, -0.15) is 5.26 Å². The van der Waals surface area contributed by atoms with Crippen LogP contribution in [0.25, 0.3) is 0 Å². The first-order valence-corrected chi connectivity index (χ1v) is 6.16. The van der Waals surface area contributed by atoms with E-state index in [9.17, 15) is 8.42 Å². The molecule has 0 saturated carbocycles. The van der Waals surface area contributed by atoms with Crippen LogP contribution in [-0.4, -0.2) is 15.5 Å². The third kappa shape index (κ3) is 2.77. The molecule has 1 N–H and O–H groups in total. The number of sulfonamides is 1. The molecule has 6 heteroatoms. The summed E-state index contributed by atoms with van der Waals surface area (Å²) in [6.07, 6.45) is 0. The van der Waals surface area contributed by atoms with E-state index in [4.69, 9.17) is 5.26 Å². The molecular formula is C11H12N2O3S. The van der Waals surface area contributed by atoms with Crippen molar-refractivity contribution >= 4 is 10.0 Å². The maximum atomic E-state index is 11.9. The van der Waals surface area contributed by atoms with Crippen LogP contribution >= 0.6 is 0 Å². The monoisotopic (exact) mass is 252 g/mol. The number of nitrogens with zero attached hydrogens (tertiary/aromatic N) is 1. The lowest BCUT2D eigenvalue weighted by molar-refractivity contribution is 0.279. The predicted octanol–water partition coefficient (Wildman–Crippen LogP) is 1.26. The van der Waals surface area contributed by atoms with Crippen molar-refractivity contribution in [2.24, 2.45) is 0 Å². The molecular weight excluding hydrogens is 240 g/mol. The van der Waals surface area contributed by atoms with Gasteiger partial charge in [0.2, 0.25) is 0 Å². The smallest absolute Gasteiger partial charge is 0.265 e. The largest absolute Gasteiger partial charge is 0.482 e. The molecule has 0 radical (unpaired) electrons. The molecule has 17 heavy (non-hydrogen) atoms. The summed E-state index contributed by atoms with van der Waals surface area (Å²) in [4.78, 5) is -0.0850. The molecule has 1 aromatic carbocycles. The molecule has 0 atom stereocenters. The molecule has 0 amide bonds. The SMILES string of the molecule is C=C(NS(=O)(=O)c1cccc(C)c1C#N)OC. The minimum absolute atomic E-state index is 0.0850. The first-order valence-electron chi connectivity index (χ1n) is 4.68. The molecule has 0 heterocycles. The van der Waals surface area contributed by atoms with Crippen LogP contribution in [0, 0.1) is 18.3 Å². The van der Waals surface area contributed by atoms with Gasteiger partial charge in [0.1, 0.15) is 11.0 Å². The lowest BCUT2D eigenvalue weighted by atomic mass is 10.1. The maximum Gasteiger partial charge on any atom is 0.265 e. The van der Waals surface area contributed by atoms with Crippen LogP contribution in [0.15, 0.2) is 35.6 Å². The van der Waals surface area contributed by atoms with Crippen LogP contribution in [0.5, 0.6) is 0 Å². The van der Waals surface area contributed by atoms with Crippen LogP contribution < -0.4 is 4.72 Å². The highest BCUT2D eigenvalue weighted by Crippen LogP contribution is 2.18.